The third-order valence-electron chi connectivity index (χ3n) is 0.466. The topological polar surface area (TPSA) is 55.1 Å². The van der Waals surface area contributed by atoms with Crippen LogP contribution in [-0.4, -0.2) is 12.5 Å². The molecule has 0 aromatic heterocycles. The lowest BCUT2D eigenvalue weighted by molar-refractivity contribution is -0.117. The lowest BCUT2D eigenvalue weighted by Crippen LogP contribution is -2.15. The summed E-state index contributed by atoms with van der Waals surface area (Å²) in [6, 6.07) is 0. The van der Waals surface area contributed by atoms with Crippen LogP contribution in [0, 0.1) is 0 Å². The van der Waals surface area contributed by atoms with Gasteiger partial charge in [-0.25, -0.2) is 4.84 Å². The van der Waals surface area contributed by atoms with Crippen LogP contribution in [-0.2, 0) is 4.79 Å². The molecule has 0 unspecified atom stereocenters. The molecule has 0 aromatic carbocycles. The summed E-state index contributed by atoms with van der Waals surface area (Å²) in [7, 11) is 0. The van der Waals surface area contributed by atoms with Crippen molar-refractivity contribution in [2.45, 2.75) is 6.42 Å². The van der Waals surface area contributed by atoms with Crippen LogP contribution in [0.1, 0.15) is 6.42 Å². The average molecular weight is 123 g/mol. The Bertz CT molecular complexity index is 66.0. The lowest BCUT2D eigenvalue weighted by atomic mass is 10.4. The van der Waals surface area contributed by atoms with E-state index in [1.807, 2.05) is 0 Å². The van der Waals surface area contributed by atoms with Gasteiger partial charge in [-0.1, -0.05) is 0 Å². The molecule has 0 aliphatic carbocycles. The molecule has 3 nitrogen and oxygen atoms in total. The SMILES string of the molecule is NC(=O)CCNCl. The predicted molar refractivity (Wildman–Crippen MR) is 27.7 cm³/mol. The number of nitrogens with one attached hydrogen (secondary N) is 1. The van der Waals surface area contributed by atoms with E-state index in [4.69, 9.17) is 17.5 Å². The largest absolute Gasteiger partial charge is 0.370 e. The molecule has 4 heteroatoms. The summed E-state index contributed by atoms with van der Waals surface area (Å²) in [5, 5.41) is 0. The molecule has 0 aliphatic rings. The number of primary amides is 1. The van der Waals surface area contributed by atoms with Gasteiger partial charge in [-0.3, -0.25) is 4.79 Å². The van der Waals surface area contributed by atoms with Crippen molar-refractivity contribution in [2.24, 2.45) is 5.73 Å². The Morgan fingerprint density at radius 1 is 1.86 bits per heavy atom. The monoisotopic (exact) mass is 122 g/mol. The fourth-order valence-electron chi connectivity index (χ4n) is 0.170. The minimum Gasteiger partial charge on any atom is -0.370 e. The minimum absolute atomic E-state index is 0.295. The average Bonchev–Trinajstić information content (AvgIpc) is 1.61. The van der Waals surface area contributed by atoms with E-state index < -0.39 is 0 Å². The molecule has 0 rings (SSSR count). The first-order valence-electron chi connectivity index (χ1n) is 1.89. The van der Waals surface area contributed by atoms with Crippen LogP contribution >= 0.6 is 11.8 Å². The zero-order chi connectivity index (χ0) is 5.70. The summed E-state index contributed by atoms with van der Waals surface area (Å²) in [5.41, 5.74) is 4.74. The molecule has 0 atom stereocenters. The van der Waals surface area contributed by atoms with Crippen molar-refractivity contribution in [3.63, 3.8) is 0 Å². The fourth-order valence-corrected chi connectivity index (χ4v) is 0.265. The second-order valence-corrected chi connectivity index (χ2v) is 1.37. The van der Waals surface area contributed by atoms with Crippen LogP contribution in [0.25, 0.3) is 0 Å². The maximum atomic E-state index is 9.88. The van der Waals surface area contributed by atoms with Crippen molar-refractivity contribution in [2.75, 3.05) is 6.54 Å². The Morgan fingerprint density at radius 2 is 2.43 bits per heavy atom. The van der Waals surface area contributed by atoms with Gasteiger partial charge in [0.15, 0.2) is 0 Å². The number of nitrogens with two attached hydrogens (primary N) is 1. The van der Waals surface area contributed by atoms with Gasteiger partial charge in [0.1, 0.15) is 0 Å². The van der Waals surface area contributed by atoms with Gasteiger partial charge in [0.25, 0.3) is 0 Å². The molecule has 0 bridgehead atoms. The molecule has 3 N–H and O–H groups in total. The number of carbonyl (C=O) groups is 1. The van der Waals surface area contributed by atoms with Crippen LogP contribution in [0.5, 0.6) is 0 Å². The Kier molecular flexibility index (Phi) is 3.74. The molecule has 0 saturated heterocycles. The van der Waals surface area contributed by atoms with E-state index in [2.05, 4.69) is 4.84 Å². The van der Waals surface area contributed by atoms with Gasteiger partial charge >= 0.3 is 0 Å². The highest BCUT2D eigenvalue weighted by molar-refractivity contribution is 6.13. The Balaban J connectivity index is 2.82. The van der Waals surface area contributed by atoms with E-state index in [9.17, 15) is 4.79 Å². The van der Waals surface area contributed by atoms with Gasteiger partial charge in [0.2, 0.25) is 5.91 Å². The summed E-state index contributed by atoms with van der Waals surface area (Å²) in [6.45, 7) is 0.441. The summed E-state index contributed by atoms with van der Waals surface area (Å²) in [6.07, 6.45) is 0.295. The van der Waals surface area contributed by atoms with Crippen LogP contribution in [0.2, 0.25) is 0 Å². The normalized spacial score (nSPS) is 8.71. The third kappa shape index (κ3) is 5.72. The Labute approximate surface area is 46.9 Å². The van der Waals surface area contributed by atoms with Crippen LogP contribution in [0.15, 0.2) is 0 Å². The quantitative estimate of drug-likeness (QED) is 0.501. The van der Waals surface area contributed by atoms with Crippen molar-refractivity contribution in [1.82, 2.24) is 4.84 Å². The van der Waals surface area contributed by atoms with Gasteiger partial charge in [0.05, 0.1) is 0 Å². The molecule has 7 heavy (non-hydrogen) atoms. The summed E-state index contributed by atoms with van der Waals surface area (Å²) >= 11 is 4.99. The highest BCUT2D eigenvalue weighted by Crippen LogP contribution is 1.71. The number of hydrogen-bond donors (Lipinski definition) is 2. The maximum absolute atomic E-state index is 9.88. The van der Waals surface area contributed by atoms with E-state index >= 15 is 0 Å². The highest BCUT2D eigenvalue weighted by Gasteiger charge is 1.88. The molecule has 0 saturated carbocycles. The number of amides is 1. The van der Waals surface area contributed by atoms with E-state index in [1.165, 1.54) is 0 Å². The van der Waals surface area contributed by atoms with Crippen LogP contribution < -0.4 is 10.6 Å². The molecule has 0 radical (unpaired) electrons. The summed E-state index contributed by atoms with van der Waals surface area (Å²) in [5.74, 6) is -0.340. The molecule has 1 amide bonds. The van der Waals surface area contributed by atoms with Crippen molar-refractivity contribution >= 4 is 17.7 Å². The smallest absolute Gasteiger partial charge is 0.218 e. The molecule has 0 spiro atoms. The van der Waals surface area contributed by atoms with E-state index in [0.29, 0.717) is 13.0 Å². The van der Waals surface area contributed by atoms with Crippen LogP contribution in [0.4, 0.5) is 0 Å². The third-order valence-corrected chi connectivity index (χ3v) is 0.655. The second kappa shape index (κ2) is 3.89. The minimum atomic E-state index is -0.340. The van der Waals surface area contributed by atoms with Crippen LogP contribution in [0.3, 0.4) is 0 Å². The van der Waals surface area contributed by atoms with Gasteiger partial charge in [0, 0.05) is 13.0 Å². The van der Waals surface area contributed by atoms with Gasteiger partial charge in [-0.2, -0.15) is 0 Å². The summed E-state index contributed by atoms with van der Waals surface area (Å²) in [4.78, 5) is 12.2. The fraction of sp³-hybridized carbons (Fsp3) is 0.667. The summed E-state index contributed by atoms with van der Waals surface area (Å²) < 4.78 is 0. The Hall–Kier alpha value is -0.280. The molecule has 0 heterocycles. The zero-order valence-electron chi connectivity index (χ0n) is 3.78. The predicted octanol–water partition coefficient (Wildman–Crippen LogP) is -0.395. The molecule has 0 aromatic rings. The van der Waals surface area contributed by atoms with E-state index in [-0.39, 0.29) is 5.91 Å². The highest BCUT2D eigenvalue weighted by atomic mass is 35.5. The second-order valence-electron chi connectivity index (χ2n) is 1.10. The number of hydrogen-bond acceptors (Lipinski definition) is 2. The number of halogens is 1. The number of rotatable bonds is 3. The van der Waals surface area contributed by atoms with E-state index in [1.54, 1.807) is 0 Å². The van der Waals surface area contributed by atoms with Crippen molar-refractivity contribution in [3.05, 3.63) is 0 Å². The van der Waals surface area contributed by atoms with Crippen molar-refractivity contribution in [3.8, 4) is 0 Å². The molecule has 0 aliphatic heterocycles. The Morgan fingerprint density at radius 3 is 2.57 bits per heavy atom. The van der Waals surface area contributed by atoms with E-state index in [0.717, 1.165) is 0 Å². The first-order chi connectivity index (χ1) is 3.27. The zero-order valence-corrected chi connectivity index (χ0v) is 4.53. The maximum Gasteiger partial charge on any atom is 0.218 e. The molecule has 42 valence electrons. The van der Waals surface area contributed by atoms with Crippen molar-refractivity contribution < 1.29 is 4.79 Å². The van der Waals surface area contributed by atoms with Gasteiger partial charge in [-0.05, 0) is 11.8 Å². The standard InChI is InChI=1S/C3H7ClN2O/c4-6-2-1-3(5)7/h6H,1-2H2,(H2,5,7). The molecular weight excluding hydrogens is 115 g/mol. The number of carbonyl (C=O) groups excluding carboxylic acids is 1. The van der Waals surface area contributed by atoms with Gasteiger partial charge < -0.3 is 5.73 Å². The van der Waals surface area contributed by atoms with Crippen molar-refractivity contribution in [1.29, 1.82) is 0 Å². The molecule has 0 fully saturated rings. The lowest BCUT2D eigenvalue weighted by Gasteiger charge is -1.87. The first-order valence-corrected chi connectivity index (χ1v) is 2.27. The molecular formula is C3H7ClN2O. The van der Waals surface area contributed by atoms with Gasteiger partial charge in [-0.15, -0.1) is 0 Å². The first kappa shape index (κ1) is 6.72.